The van der Waals surface area contributed by atoms with E-state index >= 15 is 0 Å². The molecule has 1 heterocycles. The minimum atomic E-state index is -3.54. The fourth-order valence-corrected chi connectivity index (χ4v) is 4.03. The Kier molecular flexibility index (Phi) is 5.91. The topological polar surface area (TPSA) is 102 Å². The van der Waals surface area contributed by atoms with E-state index in [1.807, 2.05) is 0 Å². The molecule has 0 aliphatic carbocycles. The third-order valence-corrected chi connectivity index (χ3v) is 6.16. The first-order chi connectivity index (χ1) is 11.8. The average Bonchev–Trinajstić information content (AvgIpc) is 2.95. The Balaban J connectivity index is 2.30. The second kappa shape index (κ2) is 7.75. The van der Waals surface area contributed by atoms with Gasteiger partial charge in [-0.25, -0.2) is 18.2 Å². The van der Waals surface area contributed by atoms with E-state index in [2.05, 4.69) is 10.3 Å². The molecule has 1 aromatic carbocycles. The summed E-state index contributed by atoms with van der Waals surface area (Å²) >= 11 is 0.983. The largest absolute Gasteiger partial charge is 0.462 e. The molecule has 1 amide bonds. The maximum atomic E-state index is 12.5. The molecule has 1 N–H and O–H groups in total. The van der Waals surface area contributed by atoms with Gasteiger partial charge in [0.2, 0.25) is 0 Å². The van der Waals surface area contributed by atoms with Gasteiger partial charge in [-0.2, -0.15) is 0 Å². The van der Waals surface area contributed by atoms with Crippen molar-refractivity contribution in [3.63, 3.8) is 0 Å². The first kappa shape index (κ1) is 19.1. The third kappa shape index (κ3) is 4.23. The number of carbonyl (C=O) groups excluding carboxylic acids is 2. The van der Waals surface area contributed by atoms with Crippen LogP contribution < -0.4 is 5.32 Å². The van der Waals surface area contributed by atoms with Crippen molar-refractivity contribution >= 4 is 38.2 Å². The molecule has 0 fully saturated rings. The molecule has 0 aliphatic heterocycles. The lowest BCUT2D eigenvalue weighted by Crippen LogP contribution is -2.17. The molecule has 0 aliphatic rings. The SMILES string of the molecule is CCOC(=O)c1sc(NC(=O)c2ccccc2S(=O)(=O)CC)nc1C. The monoisotopic (exact) mass is 382 g/mol. The van der Waals surface area contributed by atoms with E-state index < -0.39 is 21.7 Å². The van der Waals surface area contributed by atoms with E-state index in [-0.39, 0.29) is 28.0 Å². The van der Waals surface area contributed by atoms with Gasteiger partial charge in [0.05, 0.1) is 28.5 Å². The van der Waals surface area contributed by atoms with Crippen molar-refractivity contribution in [3.8, 4) is 0 Å². The van der Waals surface area contributed by atoms with E-state index in [0.29, 0.717) is 10.6 Å². The average molecular weight is 382 g/mol. The molecule has 0 unspecified atom stereocenters. The van der Waals surface area contributed by atoms with Gasteiger partial charge in [-0.1, -0.05) is 30.4 Å². The zero-order valence-corrected chi connectivity index (χ0v) is 15.7. The number of nitrogens with one attached hydrogen (secondary N) is 1. The van der Waals surface area contributed by atoms with Gasteiger partial charge in [0.15, 0.2) is 15.0 Å². The number of amides is 1. The van der Waals surface area contributed by atoms with E-state index in [1.54, 1.807) is 26.0 Å². The maximum absolute atomic E-state index is 12.5. The summed E-state index contributed by atoms with van der Waals surface area (Å²) in [6.45, 7) is 5.08. The van der Waals surface area contributed by atoms with Crippen LogP contribution in [0.25, 0.3) is 0 Å². The van der Waals surface area contributed by atoms with E-state index in [4.69, 9.17) is 4.74 Å². The van der Waals surface area contributed by atoms with Crippen LogP contribution in [-0.4, -0.2) is 37.6 Å². The van der Waals surface area contributed by atoms with Crippen LogP contribution in [-0.2, 0) is 14.6 Å². The maximum Gasteiger partial charge on any atom is 0.350 e. The predicted octanol–water partition coefficient (Wildman–Crippen LogP) is 2.67. The smallest absolute Gasteiger partial charge is 0.350 e. The van der Waals surface area contributed by atoms with Gasteiger partial charge in [-0.15, -0.1) is 0 Å². The molecule has 0 bridgehead atoms. The second-order valence-corrected chi connectivity index (χ2v) is 8.25. The predicted molar refractivity (Wildman–Crippen MR) is 94.9 cm³/mol. The number of sulfone groups is 1. The highest BCUT2D eigenvalue weighted by atomic mass is 32.2. The Morgan fingerprint density at radius 3 is 2.56 bits per heavy atom. The van der Waals surface area contributed by atoms with Crippen LogP contribution in [0, 0.1) is 6.92 Å². The lowest BCUT2D eigenvalue weighted by atomic mass is 10.2. The first-order valence-electron chi connectivity index (χ1n) is 7.57. The number of aromatic nitrogens is 1. The highest BCUT2D eigenvalue weighted by Gasteiger charge is 2.22. The molecule has 0 saturated carbocycles. The fraction of sp³-hybridized carbons (Fsp3) is 0.312. The summed E-state index contributed by atoms with van der Waals surface area (Å²) in [7, 11) is -3.54. The summed E-state index contributed by atoms with van der Waals surface area (Å²) in [5, 5.41) is 2.75. The number of benzene rings is 1. The Labute approximate surface area is 150 Å². The van der Waals surface area contributed by atoms with Crippen molar-refractivity contribution in [1.82, 2.24) is 4.98 Å². The lowest BCUT2D eigenvalue weighted by Gasteiger charge is -2.08. The molecular formula is C16H18N2O5S2. The summed E-state index contributed by atoms with van der Waals surface area (Å²) < 4.78 is 29.2. The van der Waals surface area contributed by atoms with Crippen LogP contribution >= 0.6 is 11.3 Å². The van der Waals surface area contributed by atoms with Gasteiger partial charge in [0.25, 0.3) is 5.91 Å². The minimum Gasteiger partial charge on any atom is -0.462 e. The van der Waals surface area contributed by atoms with Gasteiger partial charge >= 0.3 is 5.97 Å². The molecule has 0 spiro atoms. The summed E-state index contributed by atoms with van der Waals surface area (Å²) in [6, 6.07) is 5.97. The summed E-state index contributed by atoms with van der Waals surface area (Å²) in [4.78, 5) is 28.7. The number of esters is 1. The van der Waals surface area contributed by atoms with Crippen molar-refractivity contribution < 1.29 is 22.7 Å². The van der Waals surface area contributed by atoms with Crippen molar-refractivity contribution in [2.75, 3.05) is 17.7 Å². The normalized spacial score (nSPS) is 11.2. The Hall–Kier alpha value is -2.26. The number of aryl methyl sites for hydroxylation is 1. The van der Waals surface area contributed by atoms with Gasteiger partial charge in [-0.05, 0) is 26.0 Å². The Morgan fingerprint density at radius 1 is 1.24 bits per heavy atom. The molecule has 7 nitrogen and oxygen atoms in total. The van der Waals surface area contributed by atoms with Crippen molar-refractivity contribution in [3.05, 3.63) is 40.4 Å². The third-order valence-electron chi connectivity index (χ3n) is 3.32. The molecule has 2 aromatic rings. The van der Waals surface area contributed by atoms with Gasteiger partial charge in [-0.3, -0.25) is 10.1 Å². The van der Waals surface area contributed by atoms with E-state index in [9.17, 15) is 18.0 Å². The van der Waals surface area contributed by atoms with Crippen LogP contribution in [0.3, 0.4) is 0 Å². The van der Waals surface area contributed by atoms with Crippen LogP contribution in [0.15, 0.2) is 29.2 Å². The van der Waals surface area contributed by atoms with Gasteiger partial charge in [0, 0.05) is 0 Å². The van der Waals surface area contributed by atoms with E-state index in [1.165, 1.54) is 19.1 Å². The molecule has 25 heavy (non-hydrogen) atoms. The van der Waals surface area contributed by atoms with Crippen LogP contribution in [0.2, 0.25) is 0 Å². The van der Waals surface area contributed by atoms with Crippen LogP contribution in [0.1, 0.15) is 39.6 Å². The summed E-state index contributed by atoms with van der Waals surface area (Å²) in [5.41, 5.74) is 0.475. The van der Waals surface area contributed by atoms with Crippen molar-refractivity contribution in [2.24, 2.45) is 0 Å². The lowest BCUT2D eigenvalue weighted by molar-refractivity contribution is 0.0531. The Bertz CT molecular complexity index is 903. The standard InChI is InChI=1S/C16H18N2O5S2/c1-4-23-15(20)13-10(3)17-16(24-13)18-14(19)11-8-6-7-9-12(11)25(21,22)5-2/h6-9H,4-5H2,1-3H3,(H,17,18,19). The number of rotatable bonds is 6. The quantitative estimate of drug-likeness (QED) is 0.771. The molecule has 9 heteroatoms. The summed E-state index contributed by atoms with van der Waals surface area (Å²) in [6.07, 6.45) is 0. The fourth-order valence-electron chi connectivity index (χ4n) is 2.08. The zero-order valence-electron chi connectivity index (χ0n) is 14.0. The van der Waals surface area contributed by atoms with Gasteiger partial charge < -0.3 is 4.74 Å². The van der Waals surface area contributed by atoms with E-state index in [0.717, 1.165) is 11.3 Å². The number of ether oxygens (including phenoxy) is 1. The molecule has 134 valence electrons. The molecule has 2 rings (SSSR count). The summed E-state index contributed by atoms with van der Waals surface area (Å²) in [5.74, 6) is -1.22. The number of anilines is 1. The number of hydrogen-bond acceptors (Lipinski definition) is 7. The van der Waals surface area contributed by atoms with Gasteiger partial charge in [0.1, 0.15) is 4.88 Å². The molecule has 0 atom stereocenters. The number of carbonyl (C=O) groups is 2. The van der Waals surface area contributed by atoms with Crippen molar-refractivity contribution in [2.45, 2.75) is 25.7 Å². The second-order valence-electron chi connectivity index (χ2n) is 5.01. The molecule has 1 aromatic heterocycles. The Morgan fingerprint density at radius 2 is 1.92 bits per heavy atom. The van der Waals surface area contributed by atoms with Crippen LogP contribution in [0.5, 0.6) is 0 Å². The van der Waals surface area contributed by atoms with Crippen molar-refractivity contribution in [1.29, 1.82) is 0 Å². The number of nitrogens with zero attached hydrogens (tertiary/aromatic N) is 1. The highest BCUT2D eigenvalue weighted by molar-refractivity contribution is 7.91. The number of hydrogen-bond donors (Lipinski definition) is 1. The minimum absolute atomic E-state index is 0.0334. The zero-order chi connectivity index (χ0) is 18.6. The first-order valence-corrected chi connectivity index (χ1v) is 10.0. The highest BCUT2D eigenvalue weighted by Crippen LogP contribution is 2.25. The molecular weight excluding hydrogens is 364 g/mol. The molecule has 0 radical (unpaired) electrons. The molecule has 0 saturated heterocycles. The number of thiazole rings is 1. The van der Waals surface area contributed by atoms with Crippen LogP contribution in [0.4, 0.5) is 5.13 Å².